The van der Waals surface area contributed by atoms with Crippen molar-refractivity contribution in [3.63, 3.8) is 0 Å². The second kappa shape index (κ2) is 5.26. The summed E-state index contributed by atoms with van der Waals surface area (Å²) in [6, 6.07) is 7.48. The molecule has 2 aromatic rings. The molecule has 0 aliphatic heterocycles. The SMILES string of the molecule is Cc1ccc(F)cc1C(=O)Cc1cccc(F)c1F. The Kier molecular flexibility index (Phi) is 3.69. The molecule has 0 atom stereocenters. The fourth-order valence-electron chi connectivity index (χ4n) is 1.85. The molecule has 0 saturated heterocycles. The van der Waals surface area contributed by atoms with Gasteiger partial charge in [0, 0.05) is 12.0 Å². The summed E-state index contributed by atoms with van der Waals surface area (Å²) in [4.78, 5) is 12.0. The summed E-state index contributed by atoms with van der Waals surface area (Å²) in [5.74, 6) is -3.01. The second-order valence-corrected chi connectivity index (χ2v) is 4.27. The fourth-order valence-corrected chi connectivity index (χ4v) is 1.85. The number of carbonyl (C=O) groups excluding carboxylic acids is 1. The van der Waals surface area contributed by atoms with Crippen LogP contribution in [0.5, 0.6) is 0 Å². The Morgan fingerprint density at radius 1 is 1.11 bits per heavy atom. The molecule has 0 bridgehead atoms. The number of ketones is 1. The highest BCUT2D eigenvalue weighted by molar-refractivity contribution is 5.98. The van der Waals surface area contributed by atoms with Crippen molar-refractivity contribution in [2.75, 3.05) is 0 Å². The summed E-state index contributed by atoms with van der Waals surface area (Å²) in [6.07, 6.45) is -0.298. The van der Waals surface area contributed by atoms with E-state index >= 15 is 0 Å². The van der Waals surface area contributed by atoms with Crippen molar-refractivity contribution in [3.05, 3.63) is 70.5 Å². The van der Waals surface area contributed by atoms with Crippen molar-refractivity contribution in [1.29, 1.82) is 0 Å². The zero-order valence-corrected chi connectivity index (χ0v) is 10.2. The van der Waals surface area contributed by atoms with Gasteiger partial charge in [0.25, 0.3) is 0 Å². The molecule has 19 heavy (non-hydrogen) atoms. The van der Waals surface area contributed by atoms with E-state index in [1.165, 1.54) is 24.3 Å². The minimum absolute atomic E-state index is 0.0336. The van der Waals surface area contributed by atoms with Gasteiger partial charge >= 0.3 is 0 Å². The van der Waals surface area contributed by atoms with E-state index in [0.29, 0.717) is 5.56 Å². The summed E-state index contributed by atoms with van der Waals surface area (Å²) in [5, 5.41) is 0. The maximum atomic E-state index is 13.5. The molecule has 0 radical (unpaired) electrons. The third-order valence-corrected chi connectivity index (χ3v) is 2.88. The molecule has 0 fully saturated rings. The fraction of sp³-hybridized carbons (Fsp3) is 0.133. The van der Waals surface area contributed by atoms with Gasteiger partial charge in [-0.15, -0.1) is 0 Å². The van der Waals surface area contributed by atoms with Crippen LogP contribution in [0.4, 0.5) is 13.2 Å². The molecular weight excluding hydrogens is 253 g/mol. The van der Waals surface area contributed by atoms with E-state index in [2.05, 4.69) is 0 Å². The van der Waals surface area contributed by atoms with Crippen molar-refractivity contribution in [2.24, 2.45) is 0 Å². The van der Waals surface area contributed by atoms with Crippen LogP contribution in [0.2, 0.25) is 0 Å². The molecule has 0 aromatic heterocycles. The van der Waals surface area contributed by atoms with E-state index in [1.54, 1.807) is 6.92 Å². The maximum absolute atomic E-state index is 13.5. The van der Waals surface area contributed by atoms with E-state index in [1.807, 2.05) is 0 Å². The van der Waals surface area contributed by atoms with Gasteiger partial charge in [-0.3, -0.25) is 4.79 Å². The average Bonchev–Trinajstić information content (AvgIpc) is 2.38. The lowest BCUT2D eigenvalue weighted by Gasteiger charge is -2.06. The lowest BCUT2D eigenvalue weighted by Crippen LogP contribution is -2.08. The number of benzene rings is 2. The molecule has 0 amide bonds. The van der Waals surface area contributed by atoms with E-state index in [0.717, 1.165) is 12.1 Å². The Labute approximate surface area is 108 Å². The molecule has 1 nitrogen and oxygen atoms in total. The Morgan fingerprint density at radius 2 is 1.84 bits per heavy atom. The van der Waals surface area contributed by atoms with Crippen LogP contribution in [-0.2, 0) is 6.42 Å². The van der Waals surface area contributed by atoms with Gasteiger partial charge in [0.15, 0.2) is 17.4 Å². The number of hydrogen-bond donors (Lipinski definition) is 0. The summed E-state index contributed by atoms with van der Waals surface area (Å²) in [6.45, 7) is 1.66. The van der Waals surface area contributed by atoms with Crippen LogP contribution in [0.25, 0.3) is 0 Å². The van der Waals surface area contributed by atoms with Gasteiger partial charge in [-0.05, 0) is 36.2 Å². The van der Waals surface area contributed by atoms with Gasteiger partial charge in [0.1, 0.15) is 5.82 Å². The van der Waals surface area contributed by atoms with E-state index in [4.69, 9.17) is 0 Å². The Morgan fingerprint density at radius 3 is 2.58 bits per heavy atom. The molecule has 0 heterocycles. The predicted molar refractivity (Wildman–Crippen MR) is 65.5 cm³/mol. The smallest absolute Gasteiger partial charge is 0.167 e. The van der Waals surface area contributed by atoms with Crippen molar-refractivity contribution in [3.8, 4) is 0 Å². The maximum Gasteiger partial charge on any atom is 0.167 e. The first-order valence-electron chi connectivity index (χ1n) is 5.71. The van der Waals surface area contributed by atoms with Gasteiger partial charge in [0.05, 0.1) is 0 Å². The highest BCUT2D eigenvalue weighted by Crippen LogP contribution is 2.17. The summed E-state index contributed by atoms with van der Waals surface area (Å²) >= 11 is 0. The summed E-state index contributed by atoms with van der Waals surface area (Å²) in [5.41, 5.74) is 0.750. The normalized spacial score (nSPS) is 10.5. The van der Waals surface area contributed by atoms with E-state index in [9.17, 15) is 18.0 Å². The van der Waals surface area contributed by atoms with Gasteiger partial charge in [-0.25, -0.2) is 13.2 Å². The van der Waals surface area contributed by atoms with Gasteiger partial charge in [0.2, 0.25) is 0 Å². The summed E-state index contributed by atoms with van der Waals surface area (Å²) < 4.78 is 39.6. The zero-order valence-electron chi connectivity index (χ0n) is 10.2. The summed E-state index contributed by atoms with van der Waals surface area (Å²) in [7, 11) is 0. The van der Waals surface area contributed by atoms with E-state index in [-0.39, 0.29) is 17.5 Å². The number of rotatable bonds is 3. The minimum atomic E-state index is -1.04. The topological polar surface area (TPSA) is 17.1 Å². The molecule has 4 heteroatoms. The molecule has 0 saturated carbocycles. The van der Waals surface area contributed by atoms with Crippen molar-refractivity contribution in [1.82, 2.24) is 0 Å². The van der Waals surface area contributed by atoms with Gasteiger partial charge < -0.3 is 0 Å². The average molecular weight is 264 g/mol. The van der Waals surface area contributed by atoms with Crippen LogP contribution in [-0.4, -0.2) is 5.78 Å². The first-order chi connectivity index (χ1) is 8.99. The number of aryl methyl sites for hydroxylation is 1. The highest BCUT2D eigenvalue weighted by atomic mass is 19.2. The largest absolute Gasteiger partial charge is 0.294 e. The molecule has 0 spiro atoms. The van der Waals surface area contributed by atoms with Crippen molar-refractivity contribution >= 4 is 5.78 Å². The third kappa shape index (κ3) is 2.84. The molecule has 2 aromatic carbocycles. The monoisotopic (exact) mass is 264 g/mol. The van der Waals surface area contributed by atoms with Crippen LogP contribution >= 0.6 is 0 Å². The zero-order chi connectivity index (χ0) is 14.0. The Hall–Kier alpha value is -2.10. The van der Waals surface area contributed by atoms with Gasteiger partial charge in [-0.1, -0.05) is 18.2 Å². The highest BCUT2D eigenvalue weighted by Gasteiger charge is 2.15. The van der Waals surface area contributed by atoms with Crippen molar-refractivity contribution < 1.29 is 18.0 Å². The molecule has 98 valence electrons. The number of halogens is 3. The third-order valence-electron chi connectivity index (χ3n) is 2.88. The van der Waals surface area contributed by atoms with Crippen molar-refractivity contribution in [2.45, 2.75) is 13.3 Å². The number of hydrogen-bond acceptors (Lipinski definition) is 1. The molecule has 0 N–H and O–H groups in total. The van der Waals surface area contributed by atoms with Gasteiger partial charge in [-0.2, -0.15) is 0 Å². The first kappa shape index (κ1) is 13.3. The molecule has 2 rings (SSSR count). The van der Waals surface area contributed by atoms with Crippen LogP contribution in [0, 0.1) is 24.4 Å². The molecule has 0 aliphatic rings. The lowest BCUT2D eigenvalue weighted by molar-refractivity contribution is 0.0990. The minimum Gasteiger partial charge on any atom is -0.294 e. The van der Waals surface area contributed by atoms with E-state index < -0.39 is 23.2 Å². The van der Waals surface area contributed by atoms with Crippen LogP contribution in [0.1, 0.15) is 21.5 Å². The Bertz CT molecular complexity index is 635. The molecule has 0 unspecified atom stereocenters. The van der Waals surface area contributed by atoms with Crippen LogP contribution in [0.3, 0.4) is 0 Å². The second-order valence-electron chi connectivity index (χ2n) is 4.27. The Balaban J connectivity index is 2.31. The van der Waals surface area contributed by atoms with Crippen LogP contribution in [0.15, 0.2) is 36.4 Å². The predicted octanol–water partition coefficient (Wildman–Crippen LogP) is 3.84. The number of carbonyl (C=O) groups is 1. The van der Waals surface area contributed by atoms with Crippen LogP contribution < -0.4 is 0 Å². The quantitative estimate of drug-likeness (QED) is 0.770. The first-order valence-corrected chi connectivity index (χ1v) is 5.71. The molecule has 0 aliphatic carbocycles. The lowest BCUT2D eigenvalue weighted by atomic mass is 9.99. The molecular formula is C15H11F3O. The standard InChI is InChI=1S/C15H11F3O/c1-9-5-6-11(16)8-12(9)14(19)7-10-3-2-4-13(17)15(10)18/h2-6,8H,7H2,1H3. The number of Topliss-reactive ketones (excluding diaryl/α,β-unsaturated/α-hetero) is 1.